The summed E-state index contributed by atoms with van der Waals surface area (Å²) in [5.41, 5.74) is 11.5. The number of aromatic nitrogens is 1. The summed E-state index contributed by atoms with van der Waals surface area (Å²) >= 11 is 0. The van der Waals surface area contributed by atoms with E-state index in [9.17, 15) is 14.9 Å². The van der Waals surface area contributed by atoms with Gasteiger partial charge in [0.25, 0.3) is 11.8 Å². The summed E-state index contributed by atoms with van der Waals surface area (Å²) in [5.74, 6) is -0.793. The fourth-order valence-corrected chi connectivity index (χ4v) is 8.33. The van der Waals surface area contributed by atoms with Gasteiger partial charge in [0.1, 0.15) is 0 Å². The number of nitriles is 1. The van der Waals surface area contributed by atoms with Crippen molar-refractivity contribution < 1.29 is 9.59 Å². The van der Waals surface area contributed by atoms with Crippen molar-refractivity contribution in [1.29, 1.82) is 5.26 Å². The first-order valence-electron chi connectivity index (χ1n) is 18.9. The molecule has 0 saturated carbocycles. The van der Waals surface area contributed by atoms with Gasteiger partial charge < -0.3 is 4.57 Å². The highest BCUT2D eigenvalue weighted by Crippen LogP contribution is 2.43. The van der Waals surface area contributed by atoms with Gasteiger partial charge in [0, 0.05) is 16.3 Å². The number of amides is 2. The van der Waals surface area contributed by atoms with Crippen molar-refractivity contribution in [3.8, 4) is 56.3 Å². The third-order valence-corrected chi connectivity index (χ3v) is 11.0. The minimum absolute atomic E-state index is 0.318. The van der Waals surface area contributed by atoms with Gasteiger partial charge in [0.2, 0.25) is 0 Å². The quantitative estimate of drug-likeness (QED) is 0.126. The van der Waals surface area contributed by atoms with Gasteiger partial charge in [-0.3, -0.25) is 9.59 Å². The van der Waals surface area contributed by atoms with Crippen molar-refractivity contribution in [2.24, 2.45) is 0 Å². The molecule has 0 unspecified atom stereocenters. The molecule has 1 aliphatic heterocycles. The SMILES string of the molecule is [C-]#[N+]c1ccccc1-c1ccc2c(c1)c1cc(-c3ccccc3C#N)ccc1n2-c1cccc2c1C(=O)N(c1ccc(-c3ccccc3)cc1-c1ccccc1)C2=O. The minimum atomic E-state index is -0.405. The van der Waals surface area contributed by atoms with Crippen LogP contribution in [0.3, 0.4) is 0 Å². The zero-order chi connectivity index (χ0) is 39.3. The van der Waals surface area contributed by atoms with Gasteiger partial charge in [0.15, 0.2) is 5.69 Å². The summed E-state index contributed by atoms with van der Waals surface area (Å²) < 4.78 is 2.05. The predicted octanol–water partition coefficient (Wildman–Crippen LogP) is 12.7. The van der Waals surface area contributed by atoms with Crippen LogP contribution in [0.5, 0.6) is 0 Å². The molecule has 0 atom stereocenters. The molecular weight excluding hydrogens is 713 g/mol. The van der Waals surface area contributed by atoms with Gasteiger partial charge in [-0.05, 0) is 93.5 Å². The second-order valence-corrected chi connectivity index (χ2v) is 14.2. The summed E-state index contributed by atoms with van der Waals surface area (Å²) in [6, 6.07) is 60.8. The summed E-state index contributed by atoms with van der Waals surface area (Å²) in [7, 11) is 0. The van der Waals surface area contributed by atoms with Crippen LogP contribution in [0.15, 0.2) is 182 Å². The van der Waals surface area contributed by atoms with E-state index >= 15 is 0 Å². The van der Waals surface area contributed by atoms with Crippen LogP contribution in [0, 0.1) is 17.9 Å². The van der Waals surface area contributed by atoms with Crippen LogP contribution in [0.4, 0.5) is 11.4 Å². The first-order chi connectivity index (χ1) is 28.5. The van der Waals surface area contributed by atoms with Crippen LogP contribution in [-0.2, 0) is 0 Å². The second kappa shape index (κ2) is 13.8. The molecule has 10 rings (SSSR count). The first kappa shape index (κ1) is 34.2. The first-order valence-corrected chi connectivity index (χ1v) is 18.9. The van der Waals surface area contributed by atoms with Gasteiger partial charge in [-0.2, -0.15) is 5.26 Å². The molecule has 9 aromatic rings. The van der Waals surface area contributed by atoms with Gasteiger partial charge in [0.05, 0.1) is 51.7 Å². The molecule has 0 radical (unpaired) electrons. The van der Waals surface area contributed by atoms with Crippen molar-refractivity contribution in [2.45, 2.75) is 0 Å². The Labute approximate surface area is 334 Å². The summed E-state index contributed by atoms with van der Waals surface area (Å²) in [4.78, 5) is 34.7. The van der Waals surface area contributed by atoms with E-state index in [1.54, 1.807) is 6.07 Å². The molecule has 6 nitrogen and oxygen atoms in total. The lowest BCUT2D eigenvalue weighted by molar-refractivity contribution is 0.0926. The second-order valence-electron chi connectivity index (χ2n) is 14.2. The highest BCUT2D eigenvalue weighted by molar-refractivity contribution is 6.36. The van der Waals surface area contributed by atoms with Crippen LogP contribution in [-0.4, -0.2) is 16.4 Å². The third-order valence-electron chi connectivity index (χ3n) is 11.0. The Morgan fingerprint density at radius 1 is 0.466 bits per heavy atom. The topological polar surface area (TPSA) is 70.5 Å². The Bertz CT molecular complexity index is 3130. The Morgan fingerprint density at radius 2 is 1.05 bits per heavy atom. The molecule has 0 spiro atoms. The number of hydrogen-bond acceptors (Lipinski definition) is 3. The number of imide groups is 1. The van der Waals surface area contributed by atoms with Crippen molar-refractivity contribution in [3.63, 3.8) is 0 Å². The molecule has 6 heteroatoms. The summed E-state index contributed by atoms with van der Waals surface area (Å²) in [5, 5.41) is 11.8. The summed E-state index contributed by atoms with van der Waals surface area (Å²) in [6.07, 6.45) is 0. The number of carbonyl (C=O) groups excluding carboxylic acids is 2. The van der Waals surface area contributed by atoms with Crippen molar-refractivity contribution in [1.82, 2.24) is 4.57 Å². The Balaban J connectivity index is 1.18. The molecule has 58 heavy (non-hydrogen) atoms. The van der Waals surface area contributed by atoms with Crippen molar-refractivity contribution in [2.75, 3.05) is 4.90 Å². The van der Waals surface area contributed by atoms with Crippen LogP contribution < -0.4 is 4.90 Å². The van der Waals surface area contributed by atoms with Crippen LogP contribution >= 0.6 is 0 Å². The average molecular weight is 743 g/mol. The fourth-order valence-electron chi connectivity index (χ4n) is 8.33. The number of hydrogen-bond donors (Lipinski definition) is 0. The molecule has 1 aromatic heterocycles. The monoisotopic (exact) mass is 742 g/mol. The van der Waals surface area contributed by atoms with Crippen LogP contribution in [0.1, 0.15) is 26.3 Å². The molecule has 2 amide bonds. The maximum Gasteiger partial charge on any atom is 0.268 e. The normalized spacial score (nSPS) is 12.1. The average Bonchev–Trinajstić information content (AvgIpc) is 3.75. The zero-order valence-electron chi connectivity index (χ0n) is 30.9. The van der Waals surface area contributed by atoms with Gasteiger partial charge in [-0.1, -0.05) is 127 Å². The minimum Gasteiger partial charge on any atom is -0.308 e. The van der Waals surface area contributed by atoms with Crippen molar-refractivity contribution in [3.05, 3.63) is 210 Å². The molecule has 0 saturated heterocycles. The molecule has 1 aliphatic rings. The molecule has 0 fully saturated rings. The Morgan fingerprint density at radius 3 is 1.74 bits per heavy atom. The summed E-state index contributed by atoms with van der Waals surface area (Å²) in [6.45, 7) is 7.83. The van der Waals surface area contributed by atoms with Gasteiger partial charge in [-0.25, -0.2) is 9.74 Å². The molecule has 8 aromatic carbocycles. The third kappa shape index (κ3) is 5.40. The standard InChI is InChI=1S/C52H30N4O2/c1-54-45-21-11-10-19-40(45)37-25-28-48-44(31-37)43-30-36(39-18-9-8-17-38(39)32-53)24-27-47(43)55(48)49-22-12-20-41-50(49)52(58)56(51(41)57)46-26-23-35(33-13-4-2-5-14-33)29-42(46)34-15-6-3-7-16-34/h2-31H. The van der Waals surface area contributed by atoms with E-state index in [1.807, 2.05) is 164 Å². The van der Waals surface area contributed by atoms with Crippen LogP contribution in [0.2, 0.25) is 0 Å². The molecular formula is C52H30N4O2. The lowest BCUT2D eigenvalue weighted by atomic mass is 9.97. The van der Waals surface area contributed by atoms with E-state index in [0.717, 1.165) is 66.3 Å². The molecule has 0 bridgehead atoms. The molecule has 0 aliphatic carbocycles. The Hall–Kier alpha value is -8.32. The molecule has 0 N–H and O–H groups in total. The number of anilines is 1. The maximum atomic E-state index is 15.0. The zero-order valence-corrected chi connectivity index (χ0v) is 30.9. The number of carbonyl (C=O) groups is 2. The lowest BCUT2D eigenvalue weighted by Gasteiger charge is -2.20. The predicted molar refractivity (Wildman–Crippen MR) is 231 cm³/mol. The van der Waals surface area contributed by atoms with Gasteiger partial charge >= 0.3 is 0 Å². The fraction of sp³-hybridized carbons (Fsp3) is 0. The van der Waals surface area contributed by atoms with E-state index in [2.05, 4.69) is 27.6 Å². The lowest BCUT2D eigenvalue weighted by Crippen LogP contribution is -2.30. The van der Waals surface area contributed by atoms with E-state index in [0.29, 0.717) is 33.8 Å². The van der Waals surface area contributed by atoms with E-state index in [4.69, 9.17) is 6.57 Å². The van der Waals surface area contributed by atoms with E-state index < -0.39 is 5.91 Å². The Kier molecular flexibility index (Phi) is 8.11. The van der Waals surface area contributed by atoms with Crippen molar-refractivity contribution >= 4 is 45.0 Å². The molecule has 2 heterocycles. The smallest absolute Gasteiger partial charge is 0.268 e. The highest BCUT2D eigenvalue weighted by Gasteiger charge is 2.40. The number of rotatable bonds is 6. The number of fused-ring (bicyclic) bond motifs is 4. The molecule has 270 valence electrons. The van der Waals surface area contributed by atoms with Crippen LogP contribution in [0.25, 0.3) is 76.8 Å². The van der Waals surface area contributed by atoms with E-state index in [1.165, 1.54) is 4.90 Å². The van der Waals surface area contributed by atoms with Gasteiger partial charge in [-0.15, -0.1) is 0 Å². The van der Waals surface area contributed by atoms with E-state index in [-0.39, 0.29) is 5.91 Å². The highest BCUT2D eigenvalue weighted by atomic mass is 16.2. The number of nitrogens with zero attached hydrogens (tertiary/aromatic N) is 4. The number of benzene rings is 8. The maximum absolute atomic E-state index is 15.0. The largest absolute Gasteiger partial charge is 0.308 e. The number of para-hydroxylation sites is 1.